The van der Waals surface area contributed by atoms with Gasteiger partial charge < -0.3 is 76.0 Å². The Bertz CT molecular complexity index is 3660. The van der Waals surface area contributed by atoms with Gasteiger partial charge in [0.25, 0.3) is 0 Å². The second-order valence-electron chi connectivity index (χ2n) is 20.4. The fourth-order valence-corrected chi connectivity index (χ4v) is 9.16. The van der Waals surface area contributed by atoms with E-state index in [1.807, 2.05) is 27.7 Å². The summed E-state index contributed by atoms with van der Waals surface area (Å²) >= 11 is 0. The summed E-state index contributed by atoms with van der Waals surface area (Å²) in [7, 11) is 0. The maximum atomic E-state index is 12.0. The van der Waals surface area contributed by atoms with Crippen molar-refractivity contribution < 1.29 is 90.4 Å². The molecule has 0 aromatic carbocycles. The van der Waals surface area contributed by atoms with Gasteiger partial charge in [0.2, 0.25) is 5.78 Å². The number of hydrogen-bond donors (Lipinski definition) is 5. The first-order valence-corrected chi connectivity index (χ1v) is 27.1. The Morgan fingerprint density at radius 1 is 0.400 bits per heavy atom. The van der Waals surface area contributed by atoms with Gasteiger partial charge in [0, 0.05) is 36.8 Å². The quantitative estimate of drug-likeness (QED) is 0.118. The molecule has 85 heavy (non-hydrogen) atoms. The Morgan fingerprint density at radius 2 is 0.765 bits per heavy atom. The molecule has 0 amide bonds. The van der Waals surface area contributed by atoms with Crippen LogP contribution in [-0.2, 0) is 4.74 Å². The highest BCUT2D eigenvalue weighted by atomic mass is 16.6. The standard InChI is InChI=1S/C13H14O4.C12H14O6.C12H14O5.C12H12O5.C12H12O4/c1-4-5-9-6-10-11(13(15)17-9)12(14)7(2)8(3)16-10;1-4-9(13)10(14)8-6(16-4)3-7(18-12(8)15)11-5(2)17-11;2*1-3-4-7-5-8-9(12(15)17-7)11(14)10(13)6(2)16-8;1-3-4-8-6-10-11(12(14)16-8)9(13)5-7(2)15-10/h4-8H,1-3H3;3-5,9-11,13-14H,1-2H3;3-6,10-11,13-14H,1-2H3;3-6,10,13H,1-2H3;3-4,6-7H,5H2,1-2H3/b5-4+;;3*4-3+/t7-,8-;4-,5?,9+,10-,11?;6-,10+,11-;6-,10-;7-/m00000/s1. The number of fused-ring (bicyclic) bond motifs is 5. The number of Topliss-reactive ketones (excluding diaryl/α,β-unsaturated/α-hetero) is 3. The average Bonchev–Trinajstić information content (AvgIpc) is 3.30. The molecule has 1 fully saturated rings. The van der Waals surface area contributed by atoms with Gasteiger partial charge in [0.05, 0.1) is 12.0 Å². The number of ether oxygens (including phenoxy) is 6. The number of carbonyl (C=O) groups excluding carboxylic acids is 3. The molecule has 0 aliphatic carbocycles. The Morgan fingerprint density at radius 3 is 1.21 bits per heavy atom. The number of ketones is 3. The van der Waals surface area contributed by atoms with E-state index in [9.17, 15) is 63.9 Å². The smallest absolute Gasteiger partial charge is 0.351 e. The van der Waals surface area contributed by atoms with E-state index in [1.54, 1.807) is 115 Å². The highest BCUT2D eigenvalue weighted by Crippen LogP contribution is 2.42. The van der Waals surface area contributed by atoms with E-state index >= 15 is 0 Å². The zero-order valence-electron chi connectivity index (χ0n) is 48.2. The zero-order valence-corrected chi connectivity index (χ0v) is 48.2. The monoisotopic (exact) mass is 1180 g/mol. The third-order valence-electron chi connectivity index (χ3n) is 13.9. The molecule has 0 spiro atoms. The molecule has 0 saturated carbocycles. The molecule has 24 heteroatoms. The molecular formula is C61H66O24. The van der Waals surface area contributed by atoms with Gasteiger partial charge in [-0.15, -0.1) is 0 Å². The van der Waals surface area contributed by atoms with Crippen LogP contribution in [-0.4, -0.2) is 97.8 Å². The second-order valence-corrected chi connectivity index (χ2v) is 20.4. The number of rotatable bonds is 5. The lowest BCUT2D eigenvalue weighted by molar-refractivity contribution is -0.0638. The Labute approximate surface area is 484 Å². The van der Waals surface area contributed by atoms with Crippen molar-refractivity contribution in [3.63, 3.8) is 0 Å². The number of carbonyl (C=O) groups is 3. The predicted molar refractivity (Wildman–Crippen MR) is 302 cm³/mol. The molecule has 24 nitrogen and oxygen atoms in total. The molecule has 5 aromatic heterocycles. The fourth-order valence-electron chi connectivity index (χ4n) is 9.16. The molecule has 5 N–H and O–H groups in total. The maximum Gasteiger partial charge on any atom is 0.351 e. The van der Waals surface area contributed by atoms with E-state index in [4.69, 9.17) is 50.5 Å². The lowest BCUT2D eigenvalue weighted by Gasteiger charge is -2.31. The lowest BCUT2D eigenvalue weighted by Crippen LogP contribution is -2.42. The van der Waals surface area contributed by atoms with E-state index < -0.39 is 82.7 Å². The van der Waals surface area contributed by atoms with Crippen LogP contribution in [0.5, 0.6) is 28.7 Å². The minimum Gasteiger partial charge on any atom is -0.489 e. The Hall–Kier alpha value is -8.52. The van der Waals surface area contributed by atoms with Crippen LogP contribution in [0.3, 0.4) is 0 Å². The lowest BCUT2D eigenvalue weighted by atomic mass is 9.92. The topological polar surface area (TPSA) is 362 Å². The molecule has 5 aromatic rings. The summed E-state index contributed by atoms with van der Waals surface area (Å²) in [6.45, 7) is 19.2. The maximum absolute atomic E-state index is 12.0. The Balaban J connectivity index is 0.000000152. The molecule has 11 rings (SSSR count). The molecule has 1 saturated heterocycles. The van der Waals surface area contributed by atoms with Crippen molar-refractivity contribution in [3.05, 3.63) is 163 Å². The summed E-state index contributed by atoms with van der Waals surface area (Å²) in [5.74, 6) is 1.79. The van der Waals surface area contributed by atoms with E-state index in [-0.39, 0.29) is 93.4 Å². The molecule has 0 radical (unpaired) electrons. The number of aliphatic hydroxyl groups excluding tert-OH is 5. The van der Waals surface area contributed by atoms with Crippen LogP contribution in [0.25, 0.3) is 24.3 Å². The molecule has 6 aliphatic heterocycles. The van der Waals surface area contributed by atoms with Gasteiger partial charge in [-0.05, 0) is 93.5 Å². The third kappa shape index (κ3) is 14.2. The van der Waals surface area contributed by atoms with Crippen LogP contribution in [0.4, 0.5) is 0 Å². The molecule has 6 aliphatic rings. The van der Waals surface area contributed by atoms with Crippen molar-refractivity contribution in [1.29, 1.82) is 0 Å². The SMILES string of the molecule is C/C=C/c1cc2c(c(=O)o1)C(=O)C[C@H](C)O2.C/C=C/c1cc2c(c(=O)o1)C(=O)[C@@H](C)[C@H](C)O2.C/C=C/c1cc2c(c(=O)o1)C(=O)[C@@H](O)[C@H](C)O2.C/C=C/c1cc2c(c(=O)o1)[C@H](O)[C@H](O)[C@H](C)O2.CC1OC1c1cc2c(c(=O)o1)[C@H](O)[C@H](O)[C@H](C)O2. The van der Waals surface area contributed by atoms with Crippen LogP contribution in [0, 0.1) is 5.92 Å². The fraction of sp³-hybridized carbons (Fsp3) is 0.410. The molecule has 11 heterocycles. The highest BCUT2D eigenvalue weighted by molar-refractivity contribution is 6.03. The van der Waals surface area contributed by atoms with Crippen LogP contribution < -0.4 is 51.8 Å². The van der Waals surface area contributed by atoms with Gasteiger partial charge >= 0.3 is 28.1 Å². The number of hydrogen-bond acceptors (Lipinski definition) is 24. The molecule has 13 atom stereocenters. The average molecular weight is 1180 g/mol. The van der Waals surface area contributed by atoms with Crippen LogP contribution in [0.15, 0.2) is 101 Å². The van der Waals surface area contributed by atoms with Crippen molar-refractivity contribution in [2.24, 2.45) is 5.92 Å². The summed E-state index contributed by atoms with van der Waals surface area (Å²) in [6, 6.07) is 7.71. The van der Waals surface area contributed by atoms with E-state index in [2.05, 4.69) is 0 Å². The first-order chi connectivity index (χ1) is 40.2. The van der Waals surface area contributed by atoms with Crippen molar-refractivity contribution in [2.75, 3.05) is 0 Å². The van der Waals surface area contributed by atoms with Crippen molar-refractivity contribution >= 4 is 41.7 Å². The van der Waals surface area contributed by atoms with E-state index in [1.165, 1.54) is 12.1 Å². The minimum atomic E-state index is -1.32. The number of aliphatic hydroxyl groups is 5. The largest absolute Gasteiger partial charge is 0.489 e. The summed E-state index contributed by atoms with van der Waals surface area (Å²) in [5.41, 5.74) is -3.62. The van der Waals surface area contributed by atoms with E-state index in [0.717, 1.165) is 0 Å². The third-order valence-corrected chi connectivity index (χ3v) is 13.9. The van der Waals surface area contributed by atoms with Gasteiger partial charge in [-0.3, -0.25) is 14.4 Å². The Kier molecular flexibility index (Phi) is 20.4. The molecule has 454 valence electrons. The van der Waals surface area contributed by atoms with Crippen LogP contribution >= 0.6 is 0 Å². The summed E-state index contributed by atoms with van der Waals surface area (Å²) < 4.78 is 57.4. The zero-order chi connectivity index (χ0) is 62.5. The molecular weight excluding hydrogens is 1120 g/mol. The van der Waals surface area contributed by atoms with Crippen LogP contribution in [0.2, 0.25) is 0 Å². The van der Waals surface area contributed by atoms with Gasteiger partial charge in [-0.2, -0.15) is 0 Å². The van der Waals surface area contributed by atoms with Gasteiger partial charge in [-0.1, -0.05) is 31.2 Å². The minimum absolute atomic E-state index is 0.0164. The van der Waals surface area contributed by atoms with Crippen LogP contribution in [0.1, 0.15) is 172 Å². The van der Waals surface area contributed by atoms with Gasteiger partial charge in [0.1, 0.15) is 146 Å². The van der Waals surface area contributed by atoms with Crippen molar-refractivity contribution in [2.45, 2.75) is 156 Å². The number of epoxide rings is 1. The molecule has 2 unspecified atom stereocenters. The van der Waals surface area contributed by atoms with E-state index in [0.29, 0.717) is 40.3 Å². The van der Waals surface area contributed by atoms with Crippen molar-refractivity contribution in [3.8, 4) is 28.7 Å². The summed E-state index contributed by atoms with van der Waals surface area (Å²) in [6.07, 6.45) is 5.05. The second kappa shape index (κ2) is 27.0. The normalized spacial score (nSPS) is 26.7. The number of allylic oxidation sites excluding steroid dienone is 4. The molecule has 0 bridgehead atoms. The summed E-state index contributed by atoms with van der Waals surface area (Å²) in [5, 5.41) is 48.5. The first kappa shape index (κ1) is 64.0. The first-order valence-electron chi connectivity index (χ1n) is 27.1. The predicted octanol–water partition coefficient (Wildman–Crippen LogP) is 6.42. The van der Waals surface area contributed by atoms with Gasteiger partial charge in [0.15, 0.2) is 17.7 Å². The van der Waals surface area contributed by atoms with Crippen molar-refractivity contribution in [1.82, 2.24) is 0 Å². The summed E-state index contributed by atoms with van der Waals surface area (Å²) in [4.78, 5) is 93.7. The van der Waals surface area contributed by atoms with Gasteiger partial charge in [-0.25, -0.2) is 24.0 Å². The highest BCUT2D eigenvalue weighted by Gasteiger charge is 2.43.